The Morgan fingerprint density at radius 1 is 1.14 bits per heavy atom. The number of nitrogens with zero attached hydrogens (tertiary/aromatic N) is 3. The third kappa shape index (κ3) is 4.36. The fourth-order valence-corrected chi connectivity index (χ4v) is 2.87. The molecule has 0 saturated heterocycles. The van der Waals surface area contributed by atoms with E-state index in [1.807, 2.05) is 0 Å². The minimum atomic E-state index is -3.29. The quantitative estimate of drug-likeness (QED) is 0.787. The molecule has 114 valence electrons. The van der Waals surface area contributed by atoms with Crippen molar-refractivity contribution in [1.29, 1.82) is 0 Å². The van der Waals surface area contributed by atoms with Gasteiger partial charge in [0.05, 0.1) is 23.4 Å². The molecule has 9 heteroatoms. The molecule has 1 aromatic carbocycles. The Hall–Kier alpha value is -1.74. The van der Waals surface area contributed by atoms with Crippen molar-refractivity contribution < 1.29 is 16.8 Å². The van der Waals surface area contributed by atoms with Gasteiger partial charge in [0.25, 0.3) is 0 Å². The van der Waals surface area contributed by atoms with E-state index < -0.39 is 19.7 Å². The van der Waals surface area contributed by atoms with Gasteiger partial charge in [-0.15, -0.1) is 5.10 Å². The molecule has 0 N–H and O–H groups in total. The summed E-state index contributed by atoms with van der Waals surface area (Å²) in [5.74, 6) is -0.0286. The molecule has 0 unspecified atom stereocenters. The van der Waals surface area contributed by atoms with E-state index in [0.717, 1.165) is 12.5 Å². The molecular weight excluding hydrogens is 314 g/mol. The third-order valence-electron chi connectivity index (χ3n) is 2.79. The maximum atomic E-state index is 11.5. The first-order valence-corrected chi connectivity index (χ1v) is 9.99. The number of hydrogen-bond donors (Lipinski definition) is 0. The van der Waals surface area contributed by atoms with E-state index in [1.165, 1.54) is 16.8 Å². The molecule has 2 rings (SSSR count). The number of aromatic nitrogens is 3. The lowest BCUT2D eigenvalue weighted by molar-refractivity contribution is 0.579. The average Bonchev–Trinajstić information content (AvgIpc) is 2.83. The largest absolute Gasteiger partial charge is 0.251 e. The van der Waals surface area contributed by atoms with Crippen LogP contribution in [0, 0.1) is 0 Å². The van der Waals surface area contributed by atoms with Gasteiger partial charge < -0.3 is 0 Å². The lowest BCUT2D eigenvalue weighted by Gasteiger charge is -2.00. The predicted octanol–water partition coefficient (Wildman–Crippen LogP) is 0.393. The summed E-state index contributed by atoms with van der Waals surface area (Å²) in [6.07, 6.45) is 3.88. The molecule has 1 heterocycles. The van der Waals surface area contributed by atoms with Crippen molar-refractivity contribution in [3.05, 3.63) is 30.5 Å². The third-order valence-corrected chi connectivity index (χ3v) is 4.82. The van der Waals surface area contributed by atoms with Crippen molar-refractivity contribution in [2.45, 2.75) is 11.4 Å². The standard InChI is InChI=1S/C12H15N3O4S2/c1-20(16,17)7-6-15-9-12(13-14-15)10-4-3-5-11(8-10)21(2,18)19/h3-5,8-9H,6-7H2,1-2H3. The van der Waals surface area contributed by atoms with Gasteiger partial charge >= 0.3 is 0 Å². The zero-order chi connectivity index (χ0) is 15.7. The normalized spacial score (nSPS) is 12.5. The van der Waals surface area contributed by atoms with Crippen LogP contribution in [0.3, 0.4) is 0 Å². The Kier molecular flexibility index (Phi) is 4.15. The molecular formula is C12H15N3O4S2. The van der Waals surface area contributed by atoms with Crippen LogP contribution in [0.5, 0.6) is 0 Å². The molecule has 0 amide bonds. The summed E-state index contributed by atoms with van der Waals surface area (Å²) in [4.78, 5) is 0.200. The molecule has 0 atom stereocenters. The molecule has 7 nitrogen and oxygen atoms in total. The Morgan fingerprint density at radius 3 is 2.48 bits per heavy atom. The highest BCUT2D eigenvalue weighted by Crippen LogP contribution is 2.20. The van der Waals surface area contributed by atoms with E-state index in [0.29, 0.717) is 11.3 Å². The van der Waals surface area contributed by atoms with Gasteiger partial charge in [0.1, 0.15) is 15.5 Å². The van der Waals surface area contributed by atoms with Gasteiger partial charge in [0.2, 0.25) is 0 Å². The van der Waals surface area contributed by atoms with E-state index in [-0.39, 0.29) is 17.2 Å². The summed E-state index contributed by atoms with van der Waals surface area (Å²) in [5, 5.41) is 7.77. The second-order valence-electron chi connectivity index (χ2n) is 4.80. The number of rotatable bonds is 5. The van der Waals surface area contributed by atoms with Crippen LogP contribution in [0.15, 0.2) is 35.4 Å². The first kappa shape index (κ1) is 15.6. The molecule has 0 aliphatic rings. The number of benzene rings is 1. The number of sulfone groups is 2. The highest BCUT2D eigenvalue weighted by molar-refractivity contribution is 7.91. The van der Waals surface area contributed by atoms with E-state index in [1.54, 1.807) is 18.3 Å². The van der Waals surface area contributed by atoms with Gasteiger partial charge in [-0.1, -0.05) is 17.3 Å². The summed E-state index contributed by atoms with van der Waals surface area (Å²) in [6, 6.07) is 6.37. The molecule has 0 fully saturated rings. The highest BCUT2D eigenvalue weighted by atomic mass is 32.2. The Balaban J connectivity index is 2.26. The molecule has 0 aliphatic heterocycles. The van der Waals surface area contributed by atoms with Crippen LogP contribution in [0.4, 0.5) is 0 Å². The molecule has 0 bridgehead atoms. The zero-order valence-corrected chi connectivity index (χ0v) is 13.2. The van der Waals surface area contributed by atoms with Gasteiger partial charge in [0.15, 0.2) is 9.84 Å². The summed E-state index contributed by atoms with van der Waals surface area (Å²) in [6.45, 7) is 0.206. The van der Waals surface area contributed by atoms with Crippen LogP contribution >= 0.6 is 0 Å². The van der Waals surface area contributed by atoms with Gasteiger partial charge in [0, 0.05) is 18.1 Å². The predicted molar refractivity (Wildman–Crippen MR) is 78.3 cm³/mol. The second kappa shape index (κ2) is 5.57. The summed E-state index contributed by atoms with van der Waals surface area (Å²) in [7, 11) is -6.36. The molecule has 0 aliphatic carbocycles. The monoisotopic (exact) mass is 329 g/mol. The average molecular weight is 329 g/mol. The molecule has 21 heavy (non-hydrogen) atoms. The Bertz CT molecular complexity index is 854. The molecule has 1 aromatic heterocycles. The minimum Gasteiger partial charge on any atom is -0.251 e. The van der Waals surface area contributed by atoms with Gasteiger partial charge in [-0.3, -0.25) is 4.68 Å². The second-order valence-corrected chi connectivity index (χ2v) is 9.07. The summed E-state index contributed by atoms with van der Waals surface area (Å²) in [5.41, 5.74) is 1.11. The smallest absolute Gasteiger partial charge is 0.175 e. The van der Waals surface area contributed by atoms with Crippen LogP contribution in [0.2, 0.25) is 0 Å². The first-order valence-electron chi connectivity index (χ1n) is 6.03. The van der Waals surface area contributed by atoms with Crippen molar-refractivity contribution in [2.75, 3.05) is 18.3 Å². The zero-order valence-electron chi connectivity index (χ0n) is 11.6. The van der Waals surface area contributed by atoms with Crippen molar-refractivity contribution in [3.8, 4) is 11.3 Å². The number of hydrogen-bond acceptors (Lipinski definition) is 6. The topological polar surface area (TPSA) is 99.0 Å². The summed E-state index contributed by atoms with van der Waals surface area (Å²) < 4.78 is 46.7. The Labute approximate surface area is 123 Å². The SMILES string of the molecule is CS(=O)(=O)CCn1cc(-c2cccc(S(C)(=O)=O)c2)nn1. The van der Waals surface area contributed by atoms with Crippen LogP contribution in [0.1, 0.15) is 0 Å². The van der Waals surface area contributed by atoms with Crippen LogP contribution < -0.4 is 0 Å². The van der Waals surface area contributed by atoms with Crippen molar-refractivity contribution in [1.82, 2.24) is 15.0 Å². The van der Waals surface area contributed by atoms with Crippen LogP contribution in [-0.4, -0.2) is 50.1 Å². The van der Waals surface area contributed by atoms with Gasteiger partial charge in [-0.25, -0.2) is 16.8 Å². The van der Waals surface area contributed by atoms with Crippen molar-refractivity contribution in [2.24, 2.45) is 0 Å². The maximum absolute atomic E-state index is 11.5. The lowest BCUT2D eigenvalue weighted by atomic mass is 10.2. The van der Waals surface area contributed by atoms with Crippen molar-refractivity contribution in [3.63, 3.8) is 0 Å². The maximum Gasteiger partial charge on any atom is 0.175 e. The summed E-state index contributed by atoms with van der Waals surface area (Å²) >= 11 is 0. The molecule has 0 spiro atoms. The van der Waals surface area contributed by atoms with Gasteiger partial charge in [-0.2, -0.15) is 0 Å². The molecule has 0 radical (unpaired) electrons. The highest BCUT2D eigenvalue weighted by Gasteiger charge is 2.11. The van der Waals surface area contributed by atoms with Gasteiger partial charge in [-0.05, 0) is 12.1 Å². The minimum absolute atomic E-state index is 0.0286. The number of aryl methyl sites for hydroxylation is 1. The Morgan fingerprint density at radius 2 is 1.86 bits per heavy atom. The van der Waals surface area contributed by atoms with Crippen LogP contribution in [0.25, 0.3) is 11.3 Å². The molecule has 2 aromatic rings. The fraction of sp³-hybridized carbons (Fsp3) is 0.333. The van der Waals surface area contributed by atoms with E-state index >= 15 is 0 Å². The van der Waals surface area contributed by atoms with E-state index in [4.69, 9.17) is 0 Å². The fourth-order valence-electron chi connectivity index (χ4n) is 1.69. The van der Waals surface area contributed by atoms with Crippen LogP contribution in [-0.2, 0) is 26.2 Å². The lowest BCUT2D eigenvalue weighted by Crippen LogP contribution is -2.11. The van der Waals surface area contributed by atoms with E-state index in [2.05, 4.69) is 10.3 Å². The molecule has 0 saturated carbocycles. The first-order chi connectivity index (χ1) is 9.65. The van der Waals surface area contributed by atoms with E-state index in [9.17, 15) is 16.8 Å². The van der Waals surface area contributed by atoms with Crippen molar-refractivity contribution >= 4 is 19.7 Å².